The maximum absolute atomic E-state index is 5.97. The zero-order chi connectivity index (χ0) is 13.8. The molecule has 5 heteroatoms. The van der Waals surface area contributed by atoms with E-state index in [4.69, 9.17) is 10.5 Å². The van der Waals surface area contributed by atoms with Crippen molar-refractivity contribution >= 4 is 0 Å². The van der Waals surface area contributed by atoms with Gasteiger partial charge in [0, 0.05) is 50.5 Å². The maximum Gasteiger partial charge on any atom is 0.212 e. The molecule has 0 amide bonds. The zero-order valence-corrected chi connectivity index (χ0v) is 12.0. The molecule has 0 aliphatic carbocycles. The van der Waals surface area contributed by atoms with Crippen molar-refractivity contribution in [2.45, 2.75) is 19.0 Å². The molecule has 5 nitrogen and oxygen atoms in total. The molecule has 1 fully saturated rings. The molecule has 2 unspecified atom stereocenters. The SMILES string of the molecule is COc1ccc(C(CN)N2CCN(C)C(C)C2)cn1. The molecule has 0 aromatic carbocycles. The molecule has 19 heavy (non-hydrogen) atoms. The van der Waals surface area contributed by atoms with Gasteiger partial charge in [-0.1, -0.05) is 6.07 Å². The fourth-order valence-corrected chi connectivity index (χ4v) is 2.57. The van der Waals surface area contributed by atoms with E-state index < -0.39 is 0 Å². The Morgan fingerprint density at radius 2 is 2.26 bits per heavy atom. The standard InChI is InChI=1S/C14H24N4O/c1-11-10-18(7-6-17(11)2)13(8-15)12-4-5-14(19-3)16-9-12/h4-5,9,11,13H,6-8,10,15H2,1-3H3. The van der Waals surface area contributed by atoms with E-state index in [-0.39, 0.29) is 6.04 Å². The van der Waals surface area contributed by atoms with Crippen LogP contribution in [-0.2, 0) is 0 Å². The van der Waals surface area contributed by atoms with Crippen LogP contribution in [0.25, 0.3) is 0 Å². The highest BCUT2D eigenvalue weighted by Gasteiger charge is 2.26. The van der Waals surface area contributed by atoms with Gasteiger partial charge in [-0.25, -0.2) is 4.98 Å². The van der Waals surface area contributed by atoms with Gasteiger partial charge in [-0.15, -0.1) is 0 Å². The van der Waals surface area contributed by atoms with Gasteiger partial charge in [0.25, 0.3) is 0 Å². The second kappa shape index (κ2) is 6.32. The highest BCUT2D eigenvalue weighted by atomic mass is 16.5. The highest BCUT2D eigenvalue weighted by Crippen LogP contribution is 2.23. The highest BCUT2D eigenvalue weighted by molar-refractivity contribution is 5.21. The summed E-state index contributed by atoms with van der Waals surface area (Å²) in [5, 5.41) is 0. The molecule has 1 aromatic heterocycles. The second-order valence-electron chi connectivity index (χ2n) is 5.21. The number of methoxy groups -OCH3 is 1. The Kier molecular flexibility index (Phi) is 4.74. The summed E-state index contributed by atoms with van der Waals surface area (Å²) in [5.74, 6) is 0.645. The first-order valence-corrected chi connectivity index (χ1v) is 6.80. The van der Waals surface area contributed by atoms with Crippen molar-refractivity contribution in [3.63, 3.8) is 0 Å². The van der Waals surface area contributed by atoms with E-state index in [9.17, 15) is 0 Å². The van der Waals surface area contributed by atoms with Crippen molar-refractivity contribution in [2.24, 2.45) is 5.73 Å². The molecule has 1 aliphatic heterocycles. The third-order valence-corrected chi connectivity index (χ3v) is 4.01. The van der Waals surface area contributed by atoms with Crippen molar-refractivity contribution in [1.29, 1.82) is 0 Å². The summed E-state index contributed by atoms with van der Waals surface area (Å²) in [4.78, 5) is 9.12. The van der Waals surface area contributed by atoms with E-state index >= 15 is 0 Å². The van der Waals surface area contributed by atoms with Crippen molar-refractivity contribution in [3.05, 3.63) is 23.9 Å². The first-order chi connectivity index (χ1) is 9.15. The van der Waals surface area contributed by atoms with Crippen LogP contribution in [0.5, 0.6) is 5.88 Å². The number of likely N-dealkylation sites (N-methyl/N-ethyl adjacent to an activating group) is 1. The van der Waals surface area contributed by atoms with E-state index in [2.05, 4.69) is 34.8 Å². The fourth-order valence-electron chi connectivity index (χ4n) is 2.57. The molecule has 0 bridgehead atoms. The number of aromatic nitrogens is 1. The number of pyridine rings is 1. The number of rotatable bonds is 4. The van der Waals surface area contributed by atoms with Crippen molar-refractivity contribution in [1.82, 2.24) is 14.8 Å². The third-order valence-electron chi connectivity index (χ3n) is 4.01. The van der Waals surface area contributed by atoms with Gasteiger partial charge in [-0.3, -0.25) is 4.90 Å². The molecule has 2 rings (SSSR count). The first-order valence-electron chi connectivity index (χ1n) is 6.80. The van der Waals surface area contributed by atoms with Gasteiger partial charge in [-0.2, -0.15) is 0 Å². The molecule has 2 heterocycles. The number of nitrogens with zero attached hydrogens (tertiary/aromatic N) is 3. The van der Waals surface area contributed by atoms with Gasteiger partial charge in [-0.05, 0) is 19.5 Å². The van der Waals surface area contributed by atoms with Gasteiger partial charge in [0.15, 0.2) is 0 Å². The summed E-state index contributed by atoms with van der Waals surface area (Å²) >= 11 is 0. The summed E-state index contributed by atoms with van der Waals surface area (Å²) in [6, 6.07) is 4.77. The quantitative estimate of drug-likeness (QED) is 0.868. The lowest BCUT2D eigenvalue weighted by molar-refractivity contribution is 0.0740. The van der Waals surface area contributed by atoms with Crippen LogP contribution in [0, 0.1) is 0 Å². The van der Waals surface area contributed by atoms with Gasteiger partial charge < -0.3 is 15.4 Å². The molecular weight excluding hydrogens is 240 g/mol. The number of hydrogen-bond donors (Lipinski definition) is 1. The fraction of sp³-hybridized carbons (Fsp3) is 0.643. The Labute approximate surface area is 115 Å². The lowest BCUT2D eigenvalue weighted by Gasteiger charge is -2.41. The molecule has 0 radical (unpaired) electrons. The minimum Gasteiger partial charge on any atom is -0.481 e. The number of ether oxygens (including phenoxy) is 1. The van der Waals surface area contributed by atoms with E-state index in [0.29, 0.717) is 18.5 Å². The molecule has 0 saturated carbocycles. The van der Waals surface area contributed by atoms with Gasteiger partial charge in [0.1, 0.15) is 0 Å². The molecule has 1 aromatic rings. The van der Waals surface area contributed by atoms with Crippen molar-refractivity contribution in [3.8, 4) is 5.88 Å². The molecule has 0 spiro atoms. The molecule has 2 atom stereocenters. The average molecular weight is 264 g/mol. The van der Waals surface area contributed by atoms with Crippen molar-refractivity contribution in [2.75, 3.05) is 40.3 Å². The van der Waals surface area contributed by atoms with E-state index in [1.54, 1.807) is 7.11 Å². The Morgan fingerprint density at radius 1 is 1.47 bits per heavy atom. The van der Waals surface area contributed by atoms with Gasteiger partial charge in [0.05, 0.1) is 7.11 Å². The zero-order valence-electron chi connectivity index (χ0n) is 12.0. The van der Waals surface area contributed by atoms with E-state index in [1.165, 1.54) is 5.56 Å². The third kappa shape index (κ3) is 3.23. The molecule has 1 saturated heterocycles. The first kappa shape index (κ1) is 14.2. The van der Waals surface area contributed by atoms with E-state index in [1.807, 2.05) is 12.3 Å². The minimum absolute atomic E-state index is 0.245. The van der Waals surface area contributed by atoms with Crippen LogP contribution in [0.2, 0.25) is 0 Å². The number of nitrogens with two attached hydrogens (primary N) is 1. The van der Waals surface area contributed by atoms with Gasteiger partial charge >= 0.3 is 0 Å². The largest absolute Gasteiger partial charge is 0.481 e. The topological polar surface area (TPSA) is 54.6 Å². The average Bonchev–Trinajstić information content (AvgIpc) is 2.44. The Balaban J connectivity index is 2.10. The van der Waals surface area contributed by atoms with Crippen LogP contribution in [0.1, 0.15) is 18.5 Å². The van der Waals surface area contributed by atoms with E-state index in [0.717, 1.165) is 19.6 Å². The summed E-state index contributed by atoms with van der Waals surface area (Å²) < 4.78 is 5.10. The Hall–Kier alpha value is -1.17. The molecule has 106 valence electrons. The van der Waals surface area contributed by atoms with Crippen LogP contribution < -0.4 is 10.5 Å². The summed E-state index contributed by atoms with van der Waals surface area (Å²) in [7, 11) is 3.80. The lowest BCUT2D eigenvalue weighted by Crippen LogP contribution is -2.52. The number of piperazine rings is 1. The van der Waals surface area contributed by atoms with Crippen LogP contribution in [0.3, 0.4) is 0 Å². The predicted octanol–water partition coefficient (Wildman–Crippen LogP) is 0.726. The summed E-state index contributed by atoms with van der Waals surface area (Å²) in [5.41, 5.74) is 7.14. The molecule has 2 N–H and O–H groups in total. The lowest BCUT2D eigenvalue weighted by atomic mass is 10.0. The molecule has 1 aliphatic rings. The predicted molar refractivity (Wildman–Crippen MR) is 76.2 cm³/mol. The second-order valence-corrected chi connectivity index (χ2v) is 5.21. The monoisotopic (exact) mass is 264 g/mol. The normalized spacial score (nSPS) is 23.3. The molecular formula is C14H24N4O. The minimum atomic E-state index is 0.245. The summed E-state index contributed by atoms with van der Waals surface area (Å²) in [6.45, 7) is 6.05. The van der Waals surface area contributed by atoms with Gasteiger partial charge in [0.2, 0.25) is 5.88 Å². The number of hydrogen-bond acceptors (Lipinski definition) is 5. The summed E-state index contributed by atoms with van der Waals surface area (Å²) in [6.07, 6.45) is 1.87. The van der Waals surface area contributed by atoms with Crippen LogP contribution >= 0.6 is 0 Å². The maximum atomic E-state index is 5.97. The smallest absolute Gasteiger partial charge is 0.212 e. The van der Waals surface area contributed by atoms with Crippen molar-refractivity contribution < 1.29 is 4.74 Å². The van der Waals surface area contributed by atoms with Crippen LogP contribution in [0.15, 0.2) is 18.3 Å². The van der Waals surface area contributed by atoms with Crippen LogP contribution in [0.4, 0.5) is 0 Å². The van der Waals surface area contributed by atoms with Crippen LogP contribution in [-0.4, -0.2) is 61.2 Å². The Morgan fingerprint density at radius 3 is 2.79 bits per heavy atom. The Bertz CT molecular complexity index is 395.